The molecule has 2 aromatic heterocycles. The highest BCUT2D eigenvalue weighted by atomic mass is 16.5. The Morgan fingerprint density at radius 3 is 3.11 bits per heavy atom. The molecule has 0 amide bonds. The van der Waals surface area contributed by atoms with E-state index >= 15 is 0 Å². The van der Waals surface area contributed by atoms with Gasteiger partial charge in [-0.2, -0.15) is 10.1 Å². The zero-order chi connectivity index (χ0) is 13.1. The van der Waals surface area contributed by atoms with Gasteiger partial charge in [0, 0.05) is 13.0 Å². The molecule has 0 saturated carbocycles. The van der Waals surface area contributed by atoms with Crippen molar-refractivity contribution in [3.63, 3.8) is 0 Å². The number of rotatable bonds is 5. The summed E-state index contributed by atoms with van der Waals surface area (Å²) in [4.78, 5) is 10.8. The molecular formula is C12H18N6O. The molecule has 0 radical (unpaired) electrons. The fourth-order valence-corrected chi connectivity index (χ4v) is 2.51. The number of hydrogen-bond acceptors (Lipinski definition) is 6. The molecule has 1 saturated heterocycles. The van der Waals surface area contributed by atoms with Crippen LogP contribution in [0.2, 0.25) is 0 Å². The minimum atomic E-state index is 0.285. The maximum Gasteiger partial charge on any atom is 0.226 e. The van der Waals surface area contributed by atoms with Crippen LogP contribution in [0.5, 0.6) is 0 Å². The first-order valence-corrected chi connectivity index (χ1v) is 6.75. The summed E-state index contributed by atoms with van der Waals surface area (Å²) in [5.41, 5.74) is 0. The Bertz CT molecular complexity index is 508. The summed E-state index contributed by atoms with van der Waals surface area (Å²) < 4.78 is 7.06. The maximum atomic E-state index is 5.21. The third-order valence-corrected chi connectivity index (χ3v) is 3.53. The molecule has 1 atom stereocenters. The van der Waals surface area contributed by atoms with Gasteiger partial charge >= 0.3 is 0 Å². The van der Waals surface area contributed by atoms with Crippen LogP contribution in [0.4, 0.5) is 0 Å². The maximum absolute atomic E-state index is 5.21. The lowest BCUT2D eigenvalue weighted by Crippen LogP contribution is -2.28. The second-order valence-corrected chi connectivity index (χ2v) is 4.75. The molecule has 0 bridgehead atoms. The van der Waals surface area contributed by atoms with Crippen LogP contribution >= 0.6 is 0 Å². The summed E-state index contributed by atoms with van der Waals surface area (Å²) in [6.07, 6.45) is 6.37. The molecule has 7 heteroatoms. The third kappa shape index (κ3) is 2.65. The Morgan fingerprint density at radius 1 is 1.42 bits per heavy atom. The molecule has 1 aliphatic rings. The van der Waals surface area contributed by atoms with Gasteiger partial charge in [0.2, 0.25) is 5.89 Å². The Hall–Kier alpha value is -1.76. The number of hydrogen-bond donors (Lipinski definition) is 0. The second-order valence-electron chi connectivity index (χ2n) is 4.75. The summed E-state index contributed by atoms with van der Waals surface area (Å²) in [7, 11) is 0. The highest BCUT2D eigenvalue weighted by Gasteiger charge is 2.29. The third-order valence-electron chi connectivity index (χ3n) is 3.53. The number of aromatic nitrogens is 5. The molecule has 7 nitrogen and oxygen atoms in total. The summed E-state index contributed by atoms with van der Waals surface area (Å²) in [5, 5.41) is 8.22. The smallest absolute Gasteiger partial charge is 0.226 e. The van der Waals surface area contributed by atoms with Crippen LogP contribution in [0.15, 0.2) is 17.2 Å². The summed E-state index contributed by atoms with van der Waals surface area (Å²) >= 11 is 0. The summed E-state index contributed by atoms with van der Waals surface area (Å²) in [6, 6.07) is 0.285. The topological polar surface area (TPSA) is 72.9 Å². The second kappa shape index (κ2) is 5.48. The van der Waals surface area contributed by atoms with Crippen LogP contribution < -0.4 is 0 Å². The average molecular weight is 262 g/mol. The van der Waals surface area contributed by atoms with E-state index in [-0.39, 0.29) is 6.04 Å². The van der Waals surface area contributed by atoms with Crippen molar-refractivity contribution in [2.75, 3.05) is 13.1 Å². The van der Waals surface area contributed by atoms with Gasteiger partial charge in [0.1, 0.15) is 12.7 Å². The van der Waals surface area contributed by atoms with E-state index in [9.17, 15) is 0 Å². The van der Waals surface area contributed by atoms with Crippen molar-refractivity contribution in [3.8, 4) is 0 Å². The fourth-order valence-electron chi connectivity index (χ4n) is 2.51. The van der Waals surface area contributed by atoms with E-state index in [0.717, 1.165) is 44.2 Å². The molecule has 102 valence electrons. The van der Waals surface area contributed by atoms with Crippen molar-refractivity contribution < 1.29 is 4.52 Å². The number of nitrogens with zero attached hydrogens (tertiary/aromatic N) is 6. The van der Waals surface area contributed by atoms with Crippen LogP contribution in [-0.2, 0) is 13.0 Å². The molecule has 0 unspecified atom stereocenters. The molecule has 3 rings (SSSR count). The largest absolute Gasteiger partial charge is 0.339 e. The molecule has 0 spiro atoms. The fraction of sp³-hybridized carbons (Fsp3) is 0.667. The van der Waals surface area contributed by atoms with Gasteiger partial charge < -0.3 is 4.52 Å². The van der Waals surface area contributed by atoms with Crippen molar-refractivity contribution in [2.45, 2.75) is 38.8 Å². The van der Waals surface area contributed by atoms with Crippen LogP contribution in [0.3, 0.4) is 0 Å². The Kier molecular flexibility index (Phi) is 3.54. The molecule has 19 heavy (non-hydrogen) atoms. The quantitative estimate of drug-likeness (QED) is 0.802. The Balaban J connectivity index is 1.64. The molecule has 3 heterocycles. The summed E-state index contributed by atoms with van der Waals surface area (Å²) in [5.74, 6) is 1.55. The SMILES string of the molecule is CCc1nc([C@@H]2CCCN2CCn2cncn2)no1. The average Bonchev–Trinajstić information content (AvgIpc) is 3.16. The van der Waals surface area contributed by atoms with E-state index < -0.39 is 0 Å². The van der Waals surface area contributed by atoms with Gasteiger partial charge in [-0.25, -0.2) is 4.98 Å². The Morgan fingerprint density at radius 2 is 2.37 bits per heavy atom. The van der Waals surface area contributed by atoms with E-state index in [0.29, 0.717) is 0 Å². The summed E-state index contributed by atoms with van der Waals surface area (Å²) in [6.45, 7) is 4.88. The zero-order valence-corrected chi connectivity index (χ0v) is 11.1. The highest BCUT2D eigenvalue weighted by molar-refractivity contribution is 4.98. The zero-order valence-electron chi connectivity index (χ0n) is 11.1. The monoisotopic (exact) mass is 262 g/mol. The van der Waals surface area contributed by atoms with Gasteiger partial charge in [0.25, 0.3) is 0 Å². The molecule has 1 aliphatic heterocycles. The van der Waals surface area contributed by atoms with Gasteiger partial charge in [0.05, 0.1) is 12.6 Å². The normalized spacial score (nSPS) is 20.2. The van der Waals surface area contributed by atoms with Crippen molar-refractivity contribution in [2.24, 2.45) is 0 Å². The lowest BCUT2D eigenvalue weighted by molar-refractivity contribution is 0.230. The van der Waals surface area contributed by atoms with Gasteiger partial charge in [-0.05, 0) is 19.4 Å². The Labute approximate surface area is 111 Å². The molecule has 0 aliphatic carbocycles. The van der Waals surface area contributed by atoms with Crippen LogP contribution in [0.25, 0.3) is 0 Å². The molecule has 2 aromatic rings. The van der Waals surface area contributed by atoms with Crippen molar-refractivity contribution >= 4 is 0 Å². The van der Waals surface area contributed by atoms with Crippen molar-refractivity contribution in [1.29, 1.82) is 0 Å². The predicted molar refractivity (Wildman–Crippen MR) is 67.2 cm³/mol. The predicted octanol–water partition coefficient (Wildman–Crippen LogP) is 1.06. The molecule has 0 aromatic carbocycles. The number of likely N-dealkylation sites (tertiary alicyclic amines) is 1. The van der Waals surface area contributed by atoms with E-state index in [4.69, 9.17) is 4.52 Å². The highest BCUT2D eigenvalue weighted by Crippen LogP contribution is 2.29. The van der Waals surface area contributed by atoms with Crippen LogP contribution in [-0.4, -0.2) is 42.9 Å². The first-order chi connectivity index (χ1) is 9.36. The standard InChI is InChI=1S/C12H18N6O/c1-2-11-15-12(16-19-11)10-4-3-5-17(10)6-7-18-9-13-8-14-18/h8-10H,2-7H2,1H3/t10-/m0/s1. The van der Waals surface area contributed by atoms with Crippen LogP contribution in [0.1, 0.15) is 37.5 Å². The van der Waals surface area contributed by atoms with E-state index in [1.165, 1.54) is 6.42 Å². The van der Waals surface area contributed by atoms with Gasteiger partial charge in [-0.15, -0.1) is 0 Å². The van der Waals surface area contributed by atoms with Crippen molar-refractivity contribution in [3.05, 3.63) is 24.4 Å². The minimum Gasteiger partial charge on any atom is -0.339 e. The lowest BCUT2D eigenvalue weighted by atomic mass is 10.2. The van der Waals surface area contributed by atoms with E-state index in [1.54, 1.807) is 12.7 Å². The van der Waals surface area contributed by atoms with Gasteiger partial charge in [0.15, 0.2) is 5.82 Å². The lowest BCUT2D eigenvalue weighted by Gasteiger charge is -2.21. The van der Waals surface area contributed by atoms with E-state index in [1.807, 2.05) is 11.6 Å². The molecular weight excluding hydrogens is 244 g/mol. The number of aryl methyl sites for hydroxylation is 1. The first-order valence-electron chi connectivity index (χ1n) is 6.75. The van der Waals surface area contributed by atoms with Gasteiger partial charge in [-0.3, -0.25) is 9.58 Å². The minimum absolute atomic E-state index is 0.285. The van der Waals surface area contributed by atoms with Crippen molar-refractivity contribution in [1.82, 2.24) is 29.8 Å². The van der Waals surface area contributed by atoms with Crippen LogP contribution in [0, 0.1) is 0 Å². The van der Waals surface area contributed by atoms with Gasteiger partial charge in [-0.1, -0.05) is 12.1 Å². The first kappa shape index (κ1) is 12.3. The molecule has 0 N–H and O–H groups in total. The van der Waals surface area contributed by atoms with E-state index in [2.05, 4.69) is 25.1 Å². The molecule has 1 fully saturated rings.